The Labute approximate surface area is 208 Å². The van der Waals surface area contributed by atoms with Crippen LogP contribution in [0.15, 0.2) is 54.6 Å². The number of carbonyl (C=O) groups excluding carboxylic acids is 2. The highest BCUT2D eigenvalue weighted by atomic mass is 32.2. The van der Waals surface area contributed by atoms with Gasteiger partial charge in [-0.25, -0.2) is 13.1 Å². The van der Waals surface area contributed by atoms with Crippen molar-refractivity contribution in [2.24, 2.45) is 5.73 Å². The van der Waals surface area contributed by atoms with Crippen LogP contribution in [-0.4, -0.2) is 60.9 Å². The van der Waals surface area contributed by atoms with Crippen LogP contribution >= 0.6 is 0 Å². The van der Waals surface area contributed by atoms with Crippen LogP contribution < -0.4 is 21.1 Å². The number of amidine groups is 1. The molecule has 0 aliphatic carbocycles. The fourth-order valence-corrected chi connectivity index (χ4v) is 4.48. The summed E-state index contributed by atoms with van der Waals surface area (Å²) in [6.45, 7) is -0.834. The van der Waals surface area contributed by atoms with Gasteiger partial charge in [-0.15, -0.1) is 0 Å². The number of hydrogen-bond acceptors (Lipinski definition) is 7. The first kappa shape index (κ1) is 28.4. The average molecular weight is 520 g/mol. The van der Waals surface area contributed by atoms with Crippen LogP contribution in [0.4, 0.5) is 0 Å². The zero-order valence-electron chi connectivity index (χ0n) is 19.3. The van der Waals surface area contributed by atoms with Crippen molar-refractivity contribution in [3.05, 3.63) is 71.3 Å². The van der Waals surface area contributed by atoms with Crippen LogP contribution in [0.3, 0.4) is 0 Å². The molecule has 0 fully saturated rings. The van der Waals surface area contributed by atoms with Crippen molar-refractivity contribution in [3.63, 3.8) is 0 Å². The predicted molar refractivity (Wildman–Crippen MR) is 131 cm³/mol. The Morgan fingerprint density at radius 3 is 2.14 bits per heavy atom. The van der Waals surface area contributed by atoms with Crippen LogP contribution in [0.25, 0.3) is 0 Å². The third kappa shape index (κ3) is 9.44. The maximum Gasteiger partial charge on any atom is 0.303 e. The van der Waals surface area contributed by atoms with Crippen molar-refractivity contribution in [3.8, 4) is 0 Å². The van der Waals surface area contributed by atoms with Gasteiger partial charge in [-0.2, -0.15) is 0 Å². The zero-order valence-corrected chi connectivity index (χ0v) is 20.1. The van der Waals surface area contributed by atoms with Crippen LogP contribution in [-0.2, 0) is 36.7 Å². The van der Waals surface area contributed by atoms with E-state index in [1.807, 2.05) is 0 Å². The Balaban J connectivity index is 2.04. The summed E-state index contributed by atoms with van der Waals surface area (Å²) < 4.78 is 27.0. The molecule has 13 heteroatoms. The minimum atomic E-state index is -4.02. The molecule has 2 amide bonds. The van der Waals surface area contributed by atoms with Crippen molar-refractivity contribution < 1.29 is 33.0 Å². The monoisotopic (exact) mass is 519 g/mol. The van der Waals surface area contributed by atoms with E-state index < -0.39 is 58.7 Å². The van der Waals surface area contributed by atoms with Gasteiger partial charge in [0.15, 0.2) is 0 Å². The Bertz CT molecular complexity index is 1170. The molecule has 12 nitrogen and oxygen atoms in total. The molecule has 2 atom stereocenters. The molecule has 2 aromatic carbocycles. The van der Waals surface area contributed by atoms with Gasteiger partial charge in [-0.1, -0.05) is 54.6 Å². The molecule has 0 saturated heterocycles. The third-order valence-corrected chi connectivity index (χ3v) is 6.39. The number of rotatable bonds is 14. The highest BCUT2D eigenvalue weighted by Gasteiger charge is 2.28. The summed E-state index contributed by atoms with van der Waals surface area (Å²) in [5.41, 5.74) is 7.04. The number of carboxylic acids is 1. The molecule has 0 saturated carbocycles. The molecular weight excluding hydrogens is 490 g/mol. The number of hydrogen-bond donors (Lipinski definition) is 7. The SMILES string of the molecule is N=C(N)c1ccc(CNC(=O)[C@H](CCC(=O)O)NC(=O)[C@@H](CO)NS(=O)(=O)Cc2ccccc2)cc1. The van der Waals surface area contributed by atoms with Gasteiger partial charge >= 0.3 is 5.97 Å². The van der Waals surface area contributed by atoms with E-state index in [-0.39, 0.29) is 18.8 Å². The second kappa shape index (κ2) is 13.3. The molecule has 0 heterocycles. The lowest BCUT2D eigenvalue weighted by Gasteiger charge is -2.22. The summed E-state index contributed by atoms with van der Waals surface area (Å²) in [5, 5.41) is 30.9. The van der Waals surface area contributed by atoms with E-state index >= 15 is 0 Å². The maximum atomic E-state index is 12.7. The smallest absolute Gasteiger partial charge is 0.303 e. The lowest BCUT2D eigenvalue weighted by molar-refractivity contribution is -0.138. The molecule has 0 bridgehead atoms. The van der Waals surface area contributed by atoms with Crippen molar-refractivity contribution in [1.82, 2.24) is 15.4 Å². The van der Waals surface area contributed by atoms with Crippen molar-refractivity contribution in [2.45, 2.75) is 37.2 Å². The van der Waals surface area contributed by atoms with E-state index in [1.165, 1.54) is 0 Å². The number of carboxylic acid groups (broad SMARTS) is 1. The van der Waals surface area contributed by atoms with Gasteiger partial charge in [0.1, 0.15) is 17.9 Å². The minimum absolute atomic E-state index is 0.0452. The summed E-state index contributed by atoms with van der Waals surface area (Å²) >= 11 is 0. The average Bonchev–Trinajstić information content (AvgIpc) is 2.83. The number of aliphatic carboxylic acids is 1. The molecule has 0 aromatic heterocycles. The number of nitrogens with two attached hydrogens (primary N) is 1. The van der Waals surface area contributed by atoms with Crippen molar-refractivity contribution >= 4 is 33.6 Å². The van der Waals surface area contributed by atoms with Crippen LogP contribution in [0, 0.1) is 5.41 Å². The fourth-order valence-electron chi connectivity index (χ4n) is 3.15. The zero-order chi connectivity index (χ0) is 26.7. The second-order valence-corrected chi connectivity index (χ2v) is 9.67. The van der Waals surface area contributed by atoms with E-state index in [2.05, 4.69) is 15.4 Å². The molecule has 0 aliphatic heterocycles. The van der Waals surface area contributed by atoms with Crippen LogP contribution in [0.2, 0.25) is 0 Å². The molecule has 0 unspecified atom stereocenters. The summed E-state index contributed by atoms with van der Waals surface area (Å²) in [5.74, 6) is -3.40. The first-order valence-electron chi connectivity index (χ1n) is 10.9. The quantitative estimate of drug-likeness (QED) is 0.126. The fraction of sp³-hybridized carbons (Fsp3) is 0.304. The molecule has 36 heavy (non-hydrogen) atoms. The highest BCUT2D eigenvalue weighted by molar-refractivity contribution is 7.88. The normalized spacial score (nSPS) is 12.8. The second-order valence-electron chi connectivity index (χ2n) is 7.92. The largest absolute Gasteiger partial charge is 0.481 e. The summed E-state index contributed by atoms with van der Waals surface area (Å²) in [6.07, 6.45) is -0.694. The lowest BCUT2D eigenvalue weighted by atomic mass is 10.1. The van der Waals surface area contributed by atoms with Gasteiger partial charge in [0.2, 0.25) is 21.8 Å². The number of nitrogens with one attached hydrogen (secondary N) is 4. The summed E-state index contributed by atoms with van der Waals surface area (Å²) in [7, 11) is -4.02. The number of benzene rings is 2. The molecule has 194 valence electrons. The van der Waals surface area contributed by atoms with Gasteiger partial charge in [0.25, 0.3) is 0 Å². The predicted octanol–water partition coefficient (Wildman–Crippen LogP) is -0.583. The van der Waals surface area contributed by atoms with Gasteiger partial charge in [0.05, 0.1) is 12.4 Å². The Kier molecular flexibility index (Phi) is 10.5. The first-order valence-corrected chi connectivity index (χ1v) is 12.5. The number of nitrogen functional groups attached to an aromatic ring is 1. The molecule has 2 rings (SSSR count). The van der Waals surface area contributed by atoms with E-state index in [0.29, 0.717) is 16.7 Å². The summed E-state index contributed by atoms with van der Waals surface area (Å²) in [6, 6.07) is 11.8. The number of carbonyl (C=O) groups is 3. The highest BCUT2D eigenvalue weighted by Crippen LogP contribution is 2.07. The van der Waals surface area contributed by atoms with E-state index in [0.717, 1.165) is 0 Å². The Morgan fingerprint density at radius 1 is 0.944 bits per heavy atom. The van der Waals surface area contributed by atoms with Crippen molar-refractivity contribution in [2.75, 3.05) is 6.61 Å². The van der Waals surface area contributed by atoms with E-state index in [1.54, 1.807) is 54.6 Å². The first-order chi connectivity index (χ1) is 17.0. The molecule has 0 aliphatic rings. The number of aliphatic hydroxyl groups is 1. The van der Waals surface area contributed by atoms with Gasteiger partial charge in [-0.05, 0) is 17.5 Å². The molecule has 2 aromatic rings. The standard InChI is InChI=1S/C23H29N5O7S/c24-21(25)17-8-6-15(7-9-17)12-26-22(32)18(10-11-20(30)31)27-23(33)19(13-29)28-36(34,35)14-16-4-2-1-3-5-16/h1-9,18-19,28-29H,10-14H2,(H3,24,25)(H,26,32)(H,27,33)(H,30,31)/t18-,19+/m0/s1. The number of amides is 2. The van der Waals surface area contributed by atoms with Gasteiger partial charge < -0.3 is 26.6 Å². The number of sulfonamides is 1. The Hall–Kier alpha value is -3.81. The van der Waals surface area contributed by atoms with Gasteiger partial charge in [0, 0.05) is 18.5 Å². The maximum absolute atomic E-state index is 12.7. The Morgan fingerprint density at radius 2 is 1.58 bits per heavy atom. The van der Waals surface area contributed by atoms with Gasteiger partial charge in [-0.3, -0.25) is 19.8 Å². The molecule has 8 N–H and O–H groups in total. The van der Waals surface area contributed by atoms with Crippen LogP contribution in [0.5, 0.6) is 0 Å². The van der Waals surface area contributed by atoms with Crippen LogP contribution in [0.1, 0.15) is 29.5 Å². The third-order valence-electron chi connectivity index (χ3n) is 5.03. The van der Waals surface area contributed by atoms with E-state index in [9.17, 15) is 27.9 Å². The number of aliphatic hydroxyl groups excluding tert-OH is 1. The topological polar surface area (TPSA) is 212 Å². The molecule has 0 radical (unpaired) electrons. The van der Waals surface area contributed by atoms with Crippen molar-refractivity contribution in [1.29, 1.82) is 5.41 Å². The molecule has 0 spiro atoms. The minimum Gasteiger partial charge on any atom is -0.481 e. The lowest BCUT2D eigenvalue weighted by Crippen LogP contribution is -2.55. The molecular formula is C23H29N5O7S. The van der Waals surface area contributed by atoms with E-state index in [4.69, 9.17) is 16.2 Å². The summed E-state index contributed by atoms with van der Waals surface area (Å²) in [4.78, 5) is 36.4.